The van der Waals surface area contributed by atoms with E-state index in [2.05, 4.69) is 4.90 Å². The van der Waals surface area contributed by atoms with Crippen LogP contribution in [0.1, 0.15) is 28.4 Å². The fraction of sp³-hybridized carbons (Fsp3) is 0.350. The molecule has 5 nitrogen and oxygen atoms in total. The van der Waals surface area contributed by atoms with Crippen molar-refractivity contribution in [3.8, 4) is 5.75 Å². The Balaban J connectivity index is 1.41. The van der Waals surface area contributed by atoms with Crippen molar-refractivity contribution in [3.05, 3.63) is 65.5 Å². The first-order valence-electron chi connectivity index (χ1n) is 8.74. The van der Waals surface area contributed by atoms with E-state index in [1.54, 1.807) is 36.4 Å². The molecule has 26 heavy (non-hydrogen) atoms. The average Bonchev–Trinajstić information content (AvgIpc) is 2.66. The normalized spacial score (nSPS) is 17.8. The van der Waals surface area contributed by atoms with Gasteiger partial charge < -0.3 is 15.2 Å². The van der Waals surface area contributed by atoms with Gasteiger partial charge in [-0.25, -0.2) is 4.39 Å². The van der Waals surface area contributed by atoms with Crippen LogP contribution in [-0.2, 0) is 4.74 Å². The molecule has 1 fully saturated rings. The zero-order chi connectivity index (χ0) is 18.4. The Bertz CT molecular complexity index is 719. The maximum atomic E-state index is 13.0. The van der Waals surface area contributed by atoms with Crippen LogP contribution in [0.25, 0.3) is 0 Å². The van der Waals surface area contributed by atoms with E-state index in [9.17, 15) is 9.18 Å². The van der Waals surface area contributed by atoms with Gasteiger partial charge in [-0.1, -0.05) is 12.1 Å². The smallest absolute Gasteiger partial charge is 0.248 e. The van der Waals surface area contributed by atoms with Gasteiger partial charge in [0, 0.05) is 25.2 Å². The second-order valence-electron chi connectivity index (χ2n) is 6.30. The second kappa shape index (κ2) is 8.78. The number of nitrogens with zero attached hydrogens (tertiary/aromatic N) is 1. The second-order valence-corrected chi connectivity index (χ2v) is 6.30. The highest BCUT2D eigenvalue weighted by molar-refractivity contribution is 5.92. The van der Waals surface area contributed by atoms with Crippen LogP contribution in [0.15, 0.2) is 48.5 Å². The summed E-state index contributed by atoms with van der Waals surface area (Å²) in [6.07, 6.45) is 0.861. The fourth-order valence-electron chi connectivity index (χ4n) is 2.98. The van der Waals surface area contributed by atoms with E-state index in [-0.39, 0.29) is 11.9 Å². The molecular formula is C20H23FN2O3. The number of carbonyl (C=O) groups is 1. The Morgan fingerprint density at radius 3 is 2.62 bits per heavy atom. The van der Waals surface area contributed by atoms with E-state index >= 15 is 0 Å². The summed E-state index contributed by atoms with van der Waals surface area (Å²) >= 11 is 0. The van der Waals surface area contributed by atoms with E-state index in [1.807, 2.05) is 0 Å². The topological polar surface area (TPSA) is 64.8 Å². The molecule has 0 saturated carbocycles. The maximum absolute atomic E-state index is 13.0. The van der Waals surface area contributed by atoms with Gasteiger partial charge in [0.15, 0.2) is 0 Å². The van der Waals surface area contributed by atoms with Crippen LogP contribution in [-0.4, -0.2) is 43.7 Å². The van der Waals surface area contributed by atoms with Crippen LogP contribution in [0.4, 0.5) is 4.39 Å². The number of primary amides is 1. The number of nitrogens with two attached hydrogens (primary N) is 1. The van der Waals surface area contributed by atoms with Crippen molar-refractivity contribution in [2.24, 2.45) is 5.73 Å². The number of hydrogen-bond acceptors (Lipinski definition) is 4. The third kappa shape index (κ3) is 5.03. The van der Waals surface area contributed by atoms with E-state index in [0.717, 1.165) is 37.4 Å². The Labute approximate surface area is 152 Å². The molecule has 0 spiro atoms. The van der Waals surface area contributed by atoms with Crippen molar-refractivity contribution >= 4 is 5.91 Å². The molecule has 1 heterocycles. The fourth-order valence-corrected chi connectivity index (χ4v) is 2.98. The lowest BCUT2D eigenvalue weighted by molar-refractivity contribution is -0.0310. The quantitative estimate of drug-likeness (QED) is 0.773. The number of hydrogen-bond donors (Lipinski definition) is 1. The lowest BCUT2D eigenvalue weighted by Crippen LogP contribution is -2.39. The molecule has 0 aromatic heterocycles. The molecule has 138 valence electrons. The Kier molecular flexibility index (Phi) is 6.20. The van der Waals surface area contributed by atoms with E-state index in [1.165, 1.54) is 12.1 Å². The maximum Gasteiger partial charge on any atom is 0.248 e. The van der Waals surface area contributed by atoms with Crippen molar-refractivity contribution in [2.45, 2.75) is 12.5 Å². The molecule has 3 rings (SSSR count). The number of benzene rings is 2. The van der Waals surface area contributed by atoms with Gasteiger partial charge in [-0.3, -0.25) is 9.69 Å². The van der Waals surface area contributed by atoms with E-state index in [4.69, 9.17) is 15.2 Å². The highest BCUT2D eigenvalue weighted by Crippen LogP contribution is 2.22. The largest absolute Gasteiger partial charge is 0.494 e. The monoisotopic (exact) mass is 358 g/mol. The first kappa shape index (κ1) is 18.4. The number of ether oxygens (including phenoxy) is 2. The van der Waals surface area contributed by atoms with Crippen LogP contribution in [0.3, 0.4) is 0 Å². The van der Waals surface area contributed by atoms with Crippen LogP contribution in [0, 0.1) is 5.82 Å². The number of amides is 1. The number of morpholine rings is 1. The van der Waals surface area contributed by atoms with Crippen molar-refractivity contribution in [1.29, 1.82) is 0 Å². The molecule has 0 bridgehead atoms. The summed E-state index contributed by atoms with van der Waals surface area (Å²) in [5, 5.41) is 0. The van der Waals surface area contributed by atoms with Crippen molar-refractivity contribution < 1.29 is 18.7 Å². The molecule has 1 saturated heterocycles. The highest BCUT2D eigenvalue weighted by atomic mass is 19.1. The first-order valence-corrected chi connectivity index (χ1v) is 8.74. The molecule has 2 N–H and O–H groups in total. The number of halogens is 1. The molecule has 1 aliphatic heterocycles. The van der Waals surface area contributed by atoms with Crippen LogP contribution < -0.4 is 10.5 Å². The average molecular weight is 358 g/mol. The molecule has 0 unspecified atom stereocenters. The molecule has 1 atom stereocenters. The standard InChI is InChI=1S/C20H23FN2O3/c21-17-6-2-15(3-7-17)19-14-23(11-13-26-19)10-1-12-25-18-8-4-16(5-9-18)20(22)24/h2-9,19H,1,10-14H2,(H2,22,24)/t19-/m1/s1. The van der Waals surface area contributed by atoms with Crippen molar-refractivity contribution in [3.63, 3.8) is 0 Å². The minimum Gasteiger partial charge on any atom is -0.494 e. The van der Waals surface area contributed by atoms with E-state index < -0.39 is 5.91 Å². The van der Waals surface area contributed by atoms with E-state index in [0.29, 0.717) is 18.8 Å². The molecule has 6 heteroatoms. The number of rotatable bonds is 7. The molecule has 1 amide bonds. The van der Waals surface area contributed by atoms with Crippen molar-refractivity contribution in [2.75, 3.05) is 32.8 Å². The summed E-state index contributed by atoms with van der Waals surface area (Å²) in [4.78, 5) is 13.4. The van der Waals surface area contributed by atoms with Crippen LogP contribution in [0.2, 0.25) is 0 Å². The van der Waals surface area contributed by atoms with Gasteiger partial charge in [0.1, 0.15) is 11.6 Å². The number of carbonyl (C=O) groups excluding carboxylic acids is 1. The Morgan fingerprint density at radius 1 is 1.19 bits per heavy atom. The Hall–Kier alpha value is -2.44. The zero-order valence-corrected chi connectivity index (χ0v) is 14.6. The van der Waals surface area contributed by atoms with Gasteiger partial charge >= 0.3 is 0 Å². The van der Waals surface area contributed by atoms with Gasteiger partial charge in [0.25, 0.3) is 0 Å². The molecule has 0 aliphatic carbocycles. The summed E-state index contributed by atoms with van der Waals surface area (Å²) in [6.45, 7) is 3.83. The highest BCUT2D eigenvalue weighted by Gasteiger charge is 2.21. The lowest BCUT2D eigenvalue weighted by atomic mass is 10.1. The summed E-state index contributed by atoms with van der Waals surface area (Å²) in [6, 6.07) is 13.3. The third-order valence-corrected chi connectivity index (χ3v) is 4.42. The predicted molar refractivity (Wildman–Crippen MR) is 96.6 cm³/mol. The Morgan fingerprint density at radius 2 is 1.92 bits per heavy atom. The van der Waals surface area contributed by atoms with Gasteiger partial charge in [0.05, 0.1) is 19.3 Å². The summed E-state index contributed by atoms with van der Waals surface area (Å²) < 4.78 is 24.6. The van der Waals surface area contributed by atoms with Crippen LogP contribution in [0.5, 0.6) is 5.75 Å². The summed E-state index contributed by atoms with van der Waals surface area (Å²) in [7, 11) is 0. The minimum atomic E-state index is -0.445. The molecule has 2 aromatic carbocycles. The van der Waals surface area contributed by atoms with Gasteiger partial charge in [-0.05, 0) is 48.4 Å². The summed E-state index contributed by atoms with van der Waals surface area (Å²) in [5.74, 6) is 0.0446. The van der Waals surface area contributed by atoms with Crippen molar-refractivity contribution in [1.82, 2.24) is 4.90 Å². The predicted octanol–water partition coefficient (Wildman–Crippen LogP) is 2.77. The molecule has 2 aromatic rings. The molecule has 0 radical (unpaired) electrons. The molecular weight excluding hydrogens is 335 g/mol. The lowest BCUT2D eigenvalue weighted by Gasteiger charge is -2.33. The SMILES string of the molecule is NC(=O)c1ccc(OCCCN2CCO[C@@H](c3ccc(F)cc3)C2)cc1. The molecule has 1 aliphatic rings. The first-order chi connectivity index (χ1) is 12.6. The van der Waals surface area contributed by atoms with Crippen LogP contribution >= 0.6 is 0 Å². The van der Waals surface area contributed by atoms with Gasteiger partial charge in [-0.15, -0.1) is 0 Å². The zero-order valence-electron chi connectivity index (χ0n) is 14.6. The van der Waals surface area contributed by atoms with Gasteiger partial charge in [0.2, 0.25) is 5.91 Å². The minimum absolute atomic E-state index is 0.0217. The summed E-state index contributed by atoms with van der Waals surface area (Å²) in [5.41, 5.74) is 6.69. The third-order valence-electron chi connectivity index (χ3n) is 4.42. The van der Waals surface area contributed by atoms with Gasteiger partial charge in [-0.2, -0.15) is 0 Å².